The maximum absolute atomic E-state index is 15.3. The second kappa shape index (κ2) is 12.0. The van der Waals surface area contributed by atoms with E-state index in [-0.39, 0.29) is 29.3 Å². The van der Waals surface area contributed by atoms with Crippen LogP contribution in [-0.4, -0.2) is 37.4 Å². The molecule has 0 aliphatic carbocycles. The number of pyridine rings is 1. The Morgan fingerprint density at radius 2 is 1.87 bits per heavy atom. The van der Waals surface area contributed by atoms with Crippen molar-refractivity contribution in [2.45, 2.75) is 31.9 Å². The molecule has 0 atom stereocenters. The van der Waals surface area contributed by atoms with Crippen molar-refractivity contribution in [1.82, 2.24) is 29.6 Å². The van der Waals surface area contributed by atoms with Crippen molar-refractivity contribution in [3.8, 4) is 28.0 Å². The van der Waals surface area contributed by atoms with E-state index in [9.17, 15) is 4.79 Å². The lowest BCUT2D eigenvalue weighted by molar-refractivity contribution is 0.300. The number of nitrogen functional groups attached to an aromatic ring is 1. The van der Waals surface area contributed by atoms with E-state index in [0.717, 1.165) is 48.0 Å². The van der Waals surface area contributed by atoms with E-state index < -0.39 is 5.82 Å². The molecule has 10 nitrogen and oxygen atoms in total. The van der Waals surface area contributed by atoms with Gasteiger partial charge in [-0.05, 0) is 43.1 Å². The summed E-state index contributed by atoms with van der Waals surface area (Å²) in [4.78, 5) is 22.0. The summed E-state index contributed by atoms with van der Waals surface area (Å²) in [6.07, 6.45) is 11.2. The number of nitrogens with two attached hydrogens (primary N) is 1. The van der Waals surface area contributed by atoms with Crippen molar-refractivity contribution in [2.75, 3.05) is 18.8 Å². The number of aromatic nitrogens is 5. The SMILES string of the molecule is Cn1c(Cc2ccccc2)ncc(-c2ccc(COc3c(N)ncc4c(-c5cnn(C6CCNCC6)c5)coc34)c(F)c2)c1=O. The molecule has 0 spiro atoms. The standard InChI is InChI=1S/C34H32FN7O3/c1-41-30(13-21-5-3-2-4-6-21)38-16-26(34(41)43)22-7-8-23(29(35)14-22)19-44-32-31-27(17-39-33(32)36)28(20-45-31)24-15-40-42(18-24)25-9-11-37-12-10-25/h2-8,14-18,20,25,37H,9-13,19H2,1H3,(H2,36,39). The Morgan fingerprint density at radius 1 is 1.04 bits per heavy atom. The van der Waals surface area contributed by atoms with Crippen LogP contribution in [0, 0.1) is 5.82 Å². The van der Waals surface area contributed by atoms with Crippen molar-refractivity contribution in [1.29, 1.82) is 0 Å². The van der Waals surface area contributed by atoms with Crippen LogP contribution in [0.2, 0.25) is 0 Å². The molecule has 45 heavy (non-hydrogen) atoms. The van der Waals surface area contributed by atoms with Crippen LogP contribution in [0.25, 0.3) is 33.2 Å². The van der Waals surface area contributed by atoms with Crippen molar-refractivity contribution in [2.24, 2.45) is 7.05 Å². The Kier molecular flexibility index (Phi) is 7.60. The molecule has 1 saturated heterocycles. The summed E-state index contributed by atoms with van der Waals surface area (Å²) in [6.45, 7) is 1.83. The summed E-state index contributed by atoms with van der Waals surface area (Å²) in [5.41, 5.74) is 10.1. The van der Waals surface area contributed by atoms with Crippen molar-refractivity contribution in [3.63, 3.8) is 0 Å². The highest BCUT2D eigenvalue weighted by Crippen LogP contribution is 2.38. The number of rotatable bonds is 8. The van der Waals surface area contributed by atoms with Crippen LogP contribution >= 0.6 is 0 Å². The first-order valence-corrected chi connectivity index (χ1v) is 14.9. The zero-order valence-corrected chi connectivity index (χ0v) is 24.7. The number of anilines is 1. The van der Waals surface area contributed by atoms with E-state index in [4.69, 9.17) is 14.9 Å². The first kappa shape index (κ1) is 28.5. The fraction of sp³-hybridized carbons (Fsp3) is 0.235. The second-order valence-corrected chi connectivity index (χ2v) is 11.3. The average Bonchev–Trinajstić information content (AvgIpc) is 3.72. The van der Waals surface area contributed by atoms with E-state index in [2.05, 4.69) is 20.4 Å². The summed E-state index contributed by atoms with van der Waals surface area (Å²) in [5, 5.41) is 8.69. The molecule has 228 valence electrons. The molecule has 6 aromatic rings. The summed E-state index contributed by atoms with van der Waals surface area (Å²) < 4.78 is 30.8. The smallest absolute Gasteiger partial charge is 0.261 e. The molecule has 4 aromatic heterocycles. The molecule has 0 amide bonds. The zero-order valence-electron chi connectivity index (χ0n) is 24.7. The minimum absolute atomic E-state index is 0.118. The molecule has 7 rings (SSSR count). The van der Waals surface area contributed by atoms with Crippen LogP contribution in [0.3, 0.4) is 0 Å². The Hall–Kier alpha value is -5.29. The summed E-state index contributed by atoms with van der Waals surface area (Å²) in [7, 11) is 1.68. The first-order valence-electron chi connectivity index (χ1n) is 14.9. The van der Waals surface area contributed by atoms with E-state index >= 15 is 4.39 Å². The molecule has 5 heterocycles. The fourth-order valence-electron chi connectivity index (χ4n) is 5.79. The molecular formula is C34H32FN7O3. The lowest BCUT2D eigenvalue weighted by Gasteiger charge is -2.22. The van der Waals surface area contributed by atoms with Crippen LogP contribution in [-0.2, 0) is 20.1 Å². The highest BCUT2D eigenvalue weighted by atomic mass is 19.1. The van der Waals surface area contributed by atoms with Gasteiger partial charge in [0.25, 0.3) is 5.56 Å². The van der Waals surface area contributed by atoms with Crippen molar-refractivity contribution >= 4 is 16.8 Å². The number of piperidine rings is 1. The number of ether oxygens (including phenoxy) is 1. The molecule has 1 aliphatic rings. The Bertz CT molecular complexity index is 2040. The number of halogens is 1. The van der Waals surface area contributed by atoms with Crippen LogP contribution in [0.15, 0.2) is 88.8 Å². The molecule has 0 unspecified atom stereocenters. The molecule has 1 aliphatic heterocycles. The predicted octanol–water partition coefficient (Wildman–Crippen LogP) is 5.27. The van der Waals surface area contributed by atoms with Gasteiger partial charge >= 0.3 is 0 Å². The highest BCUT2D eigenvalue weighted by Gasteiger charge is 2.21. The van der Waals surface area contributed by atoms with Gasteiger partial charge in [0.2, 0.25) is 5.75 Å². The van der Waals surface area contributed by atoms with Gasteiger partial charge in [-0.15, -0.1) is 0 Å². The monoisotopic (exact) mass is 605 g/mol. The van der Waals surface area contributed by atoms with Gasteiger partial charge in [0, 0.05) is 48.7 Å². The molecule has 0 saturated carbocycles. The fourth-order valence-corrected chi connectivity index (χ4v) is 5.79. The van der Waals surface area contributed by atoms with Crippen LogP contribution < -0.4 is 21.3 Å². The number of nitrogens with zero attached hydrogens (tertiary/aromatic N) is 5. The number of hydrogen-bond acceptors (Lipinski definition) is 8. The minimum Gasteiger partial charge on any atom is -0.481 e. The second-order valence-electron chi connectivity index (χ2n) is 11.3. The van der Waals surface area contributed by atoms with E-state index in [1.165, 1.54) is 16.8 Å². The Balaban J connectivity index is 1.10. The third-order valence-corrected chi connectivity index (χ3v) is 8.40. The largest absolute Gasteiger partial charge is 0.481 e. The van der Waals surface area contributed by atoms with Crippen molar-refractivity contribution in [3.05, 3.63) is 113 Å². The molecule has 11 heteroatoms. The predicted molar refractivity (Wildman–Crippen MR) is 169 cm³/mol. The summed E-state index contributed by atoms with van der Waals surface area (Å²) >= 11 is 0. The van der Waals surface area contributed by atoms with Crippen LogP contribution in [0.4, 0.5) is 10.2 Å². The van der Waals surface area contributed by atoms with Crippen molar-refractivity contribution < 1.29 is 13.5 Å². The normalized spacial score (nSPS) is 13.8. The molecule has 2 aromatic carbocycles. The lowest BCUT2D eigenvalue weighted by Crippen LogP contribution is -2.29. The Labute approximate surface area is 258 Å². The molecular weight excluding hydrogens is 573 g/mol. The topological polar surface area (TPSA) is 126 Å². The summed E-state index contributed by atoms with van der Waals surface area (Å²) in [5.74, 6) is 0.473. The molecule has 0 bridgehead atoms. The maximum Gasteiger partial charge on any atom is 0.261 e. The Morgan fingerprint density at radius 3 is 2.67 bits per heavy atom. The number of nitrogens with one attached hydrogen (secondary N) is 1. The van der Waals surface area contributed by atoms with Crippen LogP contribution in [0.1, 0.15) is 35.8 Å². The van der Waals surface area contributed by atoms with Gasteiger partial charge in [0.05, 0.1) is 23.2 Å². The number of hydrogen-bond donors (Lipinski definition) is 2. The third kappa shape index (κ3) is 5.58. The van der Waals surface area contributed by atoms with Gasteiger partial charge in [-0.25, -0.2) is 14.4 Å². The number of fused-ring (bicyclic) bond motifs is 1. The zero-order chi connectivity index (χ0) is 30.9. The van der Waals surface area contributed by atoms with Gasteiger partial charge in [-0.1, -0.05) is 42.5 Å². The minimum atomic E-state index is -0.521. The van der Waals surface area contributed by atoms with Gasteiger partial charge < -0.3 is 20.2 Å². The van der Waals surface area contributed by atoms with Gasteiger partial charge in [0.15, 0.2) is 11.4 Å². The summed E-state index contributed by atoms with van der Waals surface area (Å²) in [6, 6.07) is 14.7. The van der Waals surface area contributed by atoms with Gasteiger partial charge in [0.1, 0.15) is 24.5 Å². The van der Waals surface area contributed by atoms with E-state index in [1.807, 2.05) is 47.4 Å². The first-order chi connectivity index (χ1) is 22.0. The molecule has 1 fully saturated rings. The number of benzene rings is 2. The average molecular weight is 606 g/mol. The number of furan rings is 1. The highest BCUT2D eigenvalue weighted by molar-refractivity contribution is 5.97. The van der Waals surface area contributed by atoms with Gasteiger partial charge in [-0.3, -0.25) is 14.0 Å². The molecule has 3 N–H and O–H groups in total. The van der Waals surface area contributed by atoms with Crippen LogP contribution in [0.5, 0.6) is 5.75 Å². The van der Waals surface area contributed by atoms with E-state index in [1.54, 1.807) is 31.6 Å². The maximum atomic E-state index is 15.3. The molecule has 0 radical (unpaired) electrons. The quantitative estimate of drug-likeness (QED) is 0.240. The third-order valence-electron chi connectivity index (χ3n) is 8.40. The van der Waals surface area contributed by atoms with Gasteiger partial charge in [-0.2, -0.15) is 5.10 Å². The lowest BCUT2D eigenvalue weighted by atomic mass is 10.1. The van der Waals surface area contributed by atoms with E-state index in [0.29, 0.717) is 35.0 Å².